The molecule has 0 saturated heterocycles. The number of esters is 1. The highest BCUT2D eigenvalue weighted by Crippen LogP contribution is 2.17. The molecule has 320 valence electrons. The topological polar surface area (TPSA) is 95.9 Å². The van der Waals surface area contributed by atoms with Gasteiger partial charge in [0, 0.05) is 6.42 Å². The molecule has 3 N–H and O–H groups in total. The van der Waals surface area contributed by atoms with Crippen molar-refractivity contribution in [3.63, 3.8) is 0 Å². The number of carbonyl (C=O) groups excluding carboxylic acids is 2. The Morgan fingerprint density at radius 3 is 1.58 bits per heavy atom. The summed E-state index contributed by atoms with van der Waals surface area (Å²) in [4.78, 5) is 26.0. The number of hydrogen-bond donors (Lipinski definition) is 3. The standard InChI is InChI=1S/C49H89NO5/c1-4-7-10-13-16-19-22-24-26-28-31-34-37-40-45(55-49(54)42-39-36-33-30-25-21-18-15-12-9-6-3)43-48(53)50-46(44-51)47(52)41-38-35-32-29-27-23-20-17-14-11-8-5-2/h7,10,13,15-16,18-19,22,45-47,51-52H,4-6,8-9,11-12,14,17,20-21,23-44H2,1-3H3,(H,50,53)/b10-7+,16-13+,18-15-,22-19+. The Morgan fingerprint density at radius 2 is 1.02 bits per heavy atom. The highest BCUT2D eigenvalue weighted by atomic mass is 16.5. The predicted octanol–water partition coefficient (Wildman–Crippen LogP) is 13.5. The van der Waals surface area contributed by atoms with Crippen molar-refractivity contribution < 1.29 is 24.5 Å². The number of hydrogen-bond acceptors (Lipinski definition) is 5. The number of rotatable bonds is 41. The second-order valence-electron chi connectivity index (χ2n) is 15.8. The van der Waals surface area contributed by atoms with Crippen molar-refractivity contribution >= 4 is 11.9 Å². The number of unbranched alkanes of at least 4 members (excludes halogenated alkanes) is 23. The second-order valence-corrected chi connectivity index (χ2v) is 15.8. The fraction of sp³-hybridized carbons (Fsp3) is 0.796. The average Bonchev–Trinajstić information content (AvgIpc) is 3.18. The quantitative estimate of drug-likeness (QED) is 0.0249. The van der Waals surface area contributed by atoms with Crippen molar-refractivity contribution in [2.45, 2.75) is 244 Å². The molecule has 0 aromatic carbocycles. The third-order valence-corrected chi connectivity index (χ3v) is 10.5. The SMILES string of the molecule is CC/C=C/C=C/C=C/CCCCCCCC(CC(=O)NC(CO)C(O)CCCCCCCCCCCCCC)OC(=O)CCCCCCC/C=C\CCCC. The van der Waals surface area contributed by atoms with E-state index in [0.717, 1.165) is 89.9 Å². The molecule has 0 rings (SSSR count). The lowest BCUT2D eigenvalue weighted by atomic mass is 10.0. The summed E-state index contributed by atoms with van der Waals surface area (Å²) in [6.45, 7) is 6.29. The molecule has 6 heteroatoms. The van der Waals surface area contributed by atoms with Gasteiger partial charge in [-0.15, -0.1) is 0 Å². The first-order valence-electron chi connectivity index (χ1n) is 23.4. The fourth-order valence-electron chi connectivity index (χ4n) is 6.88. The zero-order chi connectivity index (χ0) is 40.3. The molecule has 0 aliphatic heterocycles. The van der Waals surface area contributed by atoms with E-state index in [0.29, 0.717) is 19.3 Å². The van der Waals surface area contributed by atoms with Crippen LogP contribution in [0.15, 0.2) is 48.6 Å². The molecule has 0 aromatic heterocycles. The van der Waals surface area contributed by atoms with Crippen LogP contribution >= 0.6 is 0 Å². The van der Waals surface area contributed by atoms with Crippen LogP contribution in [0.3, 0.4) is 0 Å². The molecule has 0 aliphatic carbocycles. The van der Waals surface area contributed by atoms with Crippen molar-refractivity contribution in [2.75, 3.05) is 6.61 Å². The summed E-state index contributed by atoms with van der Waals surface area (Å²) in [5, 5.41) is 23.7. The summed E-state index contributed by atoms with van der Waals surface area (Å²) in [7, 11) is 0. The lowest BCUT2D eigenvalue weighted by Gasteiger charge is -2.24. The highest BCUT2D eigenvalue weighted by Gasteiger charge is 2.24. The first-order chi connectivity index (χ1) is 27.0. The summed E-state index contributed by atoms with van der Waals surface area (Å²) in [5.41, 5.74) is 0. The van der Waals surface area contributed by atoms with Gasteiger partial charge in [-0.2, -0.15) is 0 Å². The number of aliphatic hydroxyl groups excluding tert-OH is 2. The molecule has 0 heterocycles. The highest BCUT2D eigenvalue weighted by molar-refractivity contribution is 5.77. The number of carbonyl (C=O) groups is 2. The van der Waals surface area contributed by atoms with E-state index in [2.05, 4.69) is 74.7 Å². The van der Waals surface area contributed by atoms with E-state index in [1.807, 2.05) is 0 Å². The van der Waals surface area contributed by atoms with Crippen molar-refractivity contribution in [1.29, 1.82) is 0 Å². The molecular weight excluding hydrogens is 683 g/mol. The van der Waals surface area contributed by atoms with E-state index < -0.39 is 18.2 Å². The fourth-order valence-corrected chi connectivity index (χ4v) is 6.88. The summed E-state index contributed by atoms with van der Waals surface area (Å²) < 4.78 is 5.89. The number of nitrogens with one attached hydrogen (secondary N) is 1. The van der Waals surface area contributed by atoms with Gasteiger partial charge in [0.25, 0.3) is 0 Å². The maximum absolute atomic E-state index is 13.1. The number of aliphatic hydroxyl groups is 2. The molecule has 1 amide bonds. The van der Waals surface area contributed by atoms with Crippen LogP contribution in [0.2, 0.25) is 0 Å². The van der Waals surface area contributed by atoms with Gasteiger partial charge >= 0.3 is 5.97 Å². The smallest absolute Gasteiger partial charge is 0.306 e. The Labute approximate surface area is 340 Å². The van der Waals surface area contributed by atoms with E-state index in [4.69, 9.17) is 4.74 Å². The van der Waals surface area contributed by atoms with Gasteiger partial charge in [0.15, 0.2) is 0 Å². The number of allylic oxidation sites excluding steroid dienone is 8. The minimum atomic E-state index is -0.793. The summed E-state index contributed by atoms with van der Waals surface area (Å²) in [6.07, 6.45) is 50.2. The average molecular weight is 772 g/mol. The Balaban J connectivity index is 4.63. The largest absolute Gasteiger partial charge is 0.462 e. The third kappa shape index (κ3) is 38.5. The van der Waals surface area contributed by atoms with Gasteiger partial charge in [0.2, 0.25) is 5.91 Å². The molecule has 55 heavy (non-hydrogen) atoms. The van der Waals surface area contributed by atoms with Crippen molar-refractivity contribution in [3.05, 3.63) is 48.6 Å². The summed E-state index contributed by atoms with van der Waals surface area (Å²) in [6, 6.07) is -0.708. The van der Waals surface area contributed by atoms with Crippen LogP contribution in [0.1, 0.15) is 226 Å². The van der Waals surface area contributed by atoms with Gasteiger partial charge in [-0.3, -0.25) is 9.59 Å². The normalized spacial score (nSPS) is 13.8. The second kappa shape index (κ2) is 43.0. The van der Waals surface area contributed by atoms with Crippen molar-refractivity contribution in [3.8, 4) is 0 Å². The molecule has 0 saturated carbocycles. The number of amides is 1. The molecule has 0 bridgehead atoms. The molecule has 0 aromatic rings. The van der Waals surface area contributed by atoms with E-state index >= 15 is 0 Å². The first kappa shape index (κ1) is 52.8. The minimum absolute atomic E-state index is 0.0606. The van der Waals surface area contributed by atoms with Gasteiger partial charge in [-0.1, -0.05) is 198 Å². The van der Waals surface area contributed by atoms with Crippen LogP contribution in [0.5, 0.6) is 0 Å². The van der Waals surface area contributed by atoms with Crippen molar-refractivity contribution in [2.24, 2.45) is 0 Å². The van der Waals surface area contributed by atoms with E-state index in [1.165, 1.54) is 89.9 Å². The van der Waals surface area contributed by atoms with Gasteiger partial charge < -0.3 is 20.3 Å². The van der Waals surface area contributed by atoms with Crippen LogP contribution in [-0.4, -0.2) is 46.9 Å². The zero-order valence-corrected chi connectivity index (χ0v) is 36.3. The Bertz CT molecular complexity index is 957. The van der Waals surface area contributed by atoms with Crippen LogP contribution in [0.25, 0.3) is 0 Å². The Morgan fingerprint density at radius 1 is 0.545 bits per heavy atom. The van der Waals surface area contributed by atoms with E-state index in [9.17, 15) is 19.8 Å². The molecule has 6 nitrogen and oxygen atoms in total. The molecule has 0 aliphatic rings. The third-order valence-electron chi connectivity index (χ3n) is 10.5. The lowest BCUT2D eigenvalue weighted by molar-refractivity contribution is -0.151. The summed E-state index contributed by atoms with van der Waals surface area (Å²) >= 11 is 0. The Kier molecular flexibility index (Phi) is 41.2. The predicted molar refractivity (Wildman–Crippen MR) is 236 cm³/mol. The van der Waals surface area contributed by atoms with E-state index in [-0.39, 0.29) is 24.9 Å². The maximum Gasteiger partial charge on any atom is 0.306 e. The Hall–Kier alpha value is -2.18. The summed E-state index contributed by atoms with van der Waals surface area (Å²) in [5.74, 6) is -0.506. The first-order valence-corrected chi connectivity index (χ1v) is 23.4. The van der Waals surface area contributed by atoms with Crippen LogP contribution in [0, 0.1) is 0 Å². The molecule has 0 fully saturated rings. The molecule has 3 atom stereocenters. The van der Waals surface area contributed by atoms with Crippen LogP contribution in [-0.2, 0) is 14.3 Å². The molecular formula is C49H89NO5. The van der Waals surface area contributed by atoms with Crippen LogP contribution in [0.4, 0.5) is 0 Å². The minimum Gasteiger partial charge on any atom is -0.462 e. The zero-order valence-electron chi connectivity index (χ0n) is 36.3. The molecule has 0 spiro atoms. The van der Waals surface area contributed by atoms with Crippen LogP contribution < -0.4 is 5.32 Å². The van der Waals surface area contributed by atoms with Gasteiger partial charge in [0.1, 0.15) is 6.10 Å². The maximum atomic E-state index is 13.1. The van der Waals surface area contributed by atoms with Gasteiger partial charge in [-0.05, 0) is 64.2 Å². The molecule has 0 radical (unpaired) electrons. The van der Waals surface area contributed by atoms with Gasteiger partial charge in [-0.25, -0.2) is 0 Å². The number of ether oxygens (including phenoxy) is 1. The monoisotopic (exact) mass is 772 g/mol. The van der Waals surface area contributed by atoms with E-state index in [1.54, 1.807) is 0 Å². The van der Waals surface area contributed by atoms with Gasteiger partial charge in [0.05, 0.1) is 25.2 Å². The lowest BCUT2D eigenvalue weighted by Crippen LogP contribution is -2.46. The molecule has 3 unspecified atom stereocenters. The van der Waals surface area contributed by atoms with Crippen molar-refractivity contribution in [1.82, 2.24) is 5.32 Å².